The first-order chi connectivity index (χ1) is 8.62. The molecule has 0 saturated heterocycles. The Hall–Kier alpha value is -1.29. The first-order valence-electron chi connectivity index (χ1n) is 6.01. The van der Waals surface area contributed by atoms with Crippen LogP contribution in [-0.4, -0.2) is 16.8 Å². The van der Waals surface area contributed by atoms with Gasteiger partial charge in [0, 0.05) is 10.7 Å². The molecule has 18 heavy (non-hydrogen) atoms. The molecule has 2 aromatic rings. The van der Waals surface area contributed by atoms with E-state index in [-0.39, 0.29) is 11.4 Å². The van der Waals surface area contributed by atoms with E-state index in [1.54, 1.807) is 0 Å². The van der Waals surface area contributed by atoms with Crippen LogP contribution < -0.4 is 5.32 Å². The van der Waals surface area contributed by atoms with E-state index in [0.717, 1.165) is 34.7 Å². The Balaban J connectivity index is 1.87. The molecule has 0 unspecified atom stereocenters. The lowest BCUT2D eigenvalue weighted by Crippen LogP contribution is -2.37. The molecule has 1 saturated carbocycles. The SMILES string of the molecule is Cc1ccc2oc(C(=O)NC3(CBr)CC3)cc2c1. The predicted octanol–water partition coefficient (Wildman–Crippen LogP) is 3.40. The highest BCUT2D eigenvalue weighted by Crippen LogP contribution is 2.37. The maximum absolute atomic E-state index is 12.1. The highest BCUT2D eigenvalue weighted by Gasteiger charge is 2.43. The normalized spacial score (nSPS) is 16.8. The van der Waals surface area contributed by atoms with Crippen LogP contribution in [0, 0.1) is 6.92 Å². The Bertz CT molecular complexity index is 613. The largest absolute Gasteiger partial charge is 0.451 e. The third-order valence-electron chi connectivity index (χ3n) is 3.38. The second kappa shape index (κ2) is 4.12. The molecule has 1 N–H and O–H groups in total. The lowest BCUT2D eigenvalue weighted by atomic mass is 10.2. The van der Waals surface area contributed by atoms with E-state index in [1.807, 2.05) is 31.2 Å². The Morgan fingerprint density at radius 1 is 1.44 bits per heavy atom. The summed E-state index contributed by atoms with van der Waals surface area (Å²) in [5, 5.41) is 4.80. The zero-order valence-electron chi connectivity index (χ0n) is 10.1. The van der Waals surface area contributed by atoms with E-state index >= 15 is 0 Å². The average Bonchev–Trinajstić information content (AvgIpc) is 2.99. The summed E-state index contributed by atoms with van der Waals surface area (Å²) < 4.78 is 5.58. The van der Waals surface area contributed by atoms with Gasteiger partial charge in [0.2, 0.25) is 0 Å². The summed E-state index contributed by atoms with van der Waals surface area (Å²) in [4.78, 5) is 12.1. The van der Waals surface area contributed by atoms with Gasteiger partial charge < -0.3 is 9.73 Å². The number of fused-ring (bicyclic) bond motifs is 1. The summed E-state index contributed by atoms with van der Waals surface area (Å²) in [6, 6.07) is 7.71. The van der Waals surface area contributed by atoms with Crippen LogP contribution >= 0.6 is 15.9 Å². The molecule has 1 amide bonds. The van der Waals surface area contributed by atoms with E-state index in [1.165, 1.54) is 0 Å². The quantitative estimate of drug-likeness (QED) is 0.883. The molecule has 3 nitrogen and oxygen atoms in total. The minimum absolute atomic E-state index is 0.0496. The average molecular weight is 308 g/mol. The molecular weight excluding hydrogens is 294 g/mol. The molecule has 0 spiro atoms. The second-order valence-corrected chi connectivity index (χ2v) is 5.58. The van der Waals surface area contributed by atoms with Crippen LogP contribution in [0.5, 0.6) is 0 Å². The summed E-state index contributed by atoms with van der Waals surface area (Å²) in [5.74, 6) is 0.267. The van der Waals surface area contributed by atoms with Gasteiger partial charge in [0.25, 0.3) is 5.91 Å². The van der Waals surface area contributed by atoms with Gasteiger partial charge in [-0.05, 0) is 38.0 Å². The Morgan fingerprint density at radius 2 is 2.22 bits per heavy atom. The van der Waals surface area contributed by atoms with Crippen LogP contribution in [0.3, 0.4) is 0 Å². The van der Waals surface area contributed by atoms with Crippen molar-refractivity contribution in [3.8, 4) is 0 Å². The third-order valence-corrected chi connectivity index (χ3v) is 4.46. The summed E-state index contributed by atoms with van der Waals surface area (Å²) in [5.41, 5.74) is 1.87. The molecule has 1 aromatic carbocycles. The maximum atomic E-state index is 12.1. The van der Waals surface area contributed by atoms with E-state index in [4.69, 9.17) is 4.42 Å². The lowest BCUT2D eigenvalue weighted by molar-refractivity contribution is 0.0910. The number of hydrogen-bond acceptors (Lipinski definition) is 2. The van der Waals surface area contributed by atoms with Crippen LogP contribution in [-0.2, 0) is 0 Å². The van der Waals surface area contributed by atoms with Crippen molar-refractivity contribution < 1.29 is 9.21 Å². The van der Waals surface area contributed by atoms with Gasteiger partial charge in [-0.25, -0.2) is 0 Å². The van der Waals surface area contributed by atoms with Crippen LogP contribution in [0.4, 0.5) is 0 Å². The van der Waals surface area contributed by atoms with Gasteiger partial charge >= 0.3 is 0 Å². The number of benzene rings is 1. The molecule has 1 fully saturated rings. The summed E-state index contributed by atoms with van der Waals surface area (Å²) in [6.07, 6.45) is 2.06. The fourth-order valence-corrected chi connectivity index (χ4v) is 2.72. The maximum Gasteiger partial charge on any atom is 0.287 e. The van der Waals surface area contributed by atoms with Crippen molar-refractivity contribution in [2.24, 2.45) is 0 Å². The van der Waals surface area contributed by atoms with E-state index in [9.17, 15) is 4.79 Å². The molecule has 1 aliphatic rings. The molecule has 94 valence electrons. The van der Waals surface area contributed by atoms with Crippen LogP contribution in [0.2, 0.25) is 0 Å². The molecule has 0 atom stereocenters. The van der Waals surface area contributed by atoms with Gasteiger partial charge in [-0.15, -0.1) is 0 Å². The zero-order valence-corrected chi connectivity index (χ0v) is 11.7. The molecule has 0 bridgehead atoms. The number of carbonyl (C=O) groups is 1. The Morgan fingerprint density at radius 3 is 2.89 bits per heavy atom. The van der Waals surface area contributed by atoms with Crippen LogP contribution in [0.25, 0.3) is 11.0 Å². The number of nitrogens with one attached hydrogen (secondary N) is 1. The molecule has 3 rings (SSSR count). The monoisotopic (exact) mass is 307 g/mol. The Kier molecular flexibility index (Phi) is 2.70. The molecule has 1 aromatic heterocycles. The highest BCUT2D eigenvalue weighted by molar-refractivity contribution is 9.09. The molecule has 0 radical (unpaired) electrons. The molecule has 0 aliphatic heterocycles. The van der Waals surface area contributed by atoms with E-state index in [2.05, 4.69) is 21.2 Å². The second-order valence-electron chi connectivity index (χ2n) is 5.02. The number of carbonyl (C=O) groups excluding carboxylic acids is 1. The topological polar surface area (TPSA) is 42.2 Å². The van der Waals surface area contributed by atoms with Crippen LogP contribution in [0.15, 0.2) is 28.7 Å². The van der Waals surface area contributed by atoms with Gasteiger partial charge in [-0.1, -0.05) is 27.6 Å². The third kappa shape index (κ3) is 2.05. The van der Waals surface area contributed by atoms with Crippen molar-refractivity contribution in [2.45, 2.75) is 25.3 Å². The summed E-state index contributed by atoms with van der Waals surface area (Å²) in [6.45, 7) is 2.02. The van der Waals surface area contributed by atoms with Gasteiger partial charge in [-0.3, -0.25) is 4.79 Å². The Labute approximate surface area is 114 Å². The molecule has 1 heterocycles. The zero-order chi connectivity index (χ0) is 12.8. The first-order valence-corrected chi connectivity index (χ1v) is 7.13. The lowest BCUT2D eigenvalue weighted by Gasteiger charge is -2.12. The highest BCUT2D eigenvalue weighted by atomic mass is 79.9. The van der Waals surface area contributed by atoms with Crippen molar-refractivity contribution in [2.75, 3.05) is 5.33 Å². The number of amides is 1. The number of furan rings is 1. The standard InChI is InChI=1S/C14H14BrNO2/c1-9-2-3-11-10(6-9)7-12(18-11)13(17)16-14(8-15)4-5-14/h2-3,6-7H,4-5,8H2,1H3,(H,16,17). The molecule has 4 heteroatoms. The molecule has 1 aliphatic carbocycles. The van der Waals surface area contributed by atoms with Crippen molar-refractivity contribution in [3.05, 3.63) is 35.6 Å². The van der Waals surface area contributed by atoms with Crippen molar-refractivity contribution in [1.29, 1.82) is 0 Å². The number of alkyl halides is 1. The first kappa shape index (κ1) is 11.8. The minimum atomic E-state index is -0.124. The fourth-order valence-electron chi connectivity index (χ4n) is 2.02. The van der Waals surface area contributed by atoms with Crippen molar-refractivity contribution in [3.63, 3.8) is 0 Å². The summed E-state index contributed by atoms with van der Waals surface area (Å²) in [7, 11) is 0. The predicted molar refractivity (Wildman–Crippen MR) is 74.2 cm³/mol. The fraction of sp³-hybridized carbons (Fsp3) is 0.357. The minimum Gasteiger partial charge on any atom is -0.451 e. The van der Waals surface area contributed by atoms with E-state index < -0.39 is 0 Å². The van der Waals surface area contributed by atoms with Gasteiger partial charge in [0.05, 0.1) is 5.54 Å². The van der Waals surface area contributed by atoms with Gasteiger partial charge in [-0.2, -0.15) is 0 Å². The smallest absolute Gasteiger partial charge is 0.287 e. The number of halogens is 1. The summed E-state index contributed by atoms with van der Waals surface area (Å²) >= 11 is 3.43. The van der Waals surface area contributed by atoms with Gasteiger partial charge in [0.15, 0.2) is 5.76 Å². The van der Waals surface area contributed by atoms with Crippen LogP contribution in [0.1, 0.15) is 29.0 Å². The van der Waals surface area contributed by atoms with E-state index in [0.29, 0.717) is 5.76 Å². The number of rotatable bonds is 3. The number of aryl methyl sites for hydroxylation is 1. The van der Waals surface area contributed by atoms with Crippen molar-refractivity contribution >= 4 is 32.8 Å². The van der Waals surface area contributed by atoms with Gasteiger partial charge in [0.1, 0.15) is 5.58 Å². The number of hydrogen-bond donors (Lipinski definition) is 1. The van der Waals surface area contributed by atoms with Crippen molar-refractivity contribution in [1.82, 2.24) is 5.32 Å². The molecular formula is C14H14BrNO2.